The van der Waals surface area contributed by atoms with Gasteiger partial charge in [-0.05, 0) is 13.0 Å². The Kier molecular flexibility index (Phi) is 1.59. The van der Waals surface area contributed by atoms with Crippen LogP contribution in [0.4, 0.5) is 0 Å². The van der Waals surface area contributed by atoms with Crippen molar-refractivity contribution in [3.8, 4) is 0 Å². The largest absolute Gasteiger partial charge is 0.472 e. The van der Waals surface area contributed by atoms with Gasteiger partial charge in [-0.15, -0.1) is 0 Å². The molecule has 10 heavy (non-hydrogen) atoms. The van der Waals surface area contributed by atoms with Crippen LogP contribution in [0.5, 0.6) is 0 Å². The molecule has 1 unspecified atom stereocenters. The quantitative estimate of drug-likeness (QED) is 0.615. The second-order valence-electron chi connectivity index (χ2n) is 2.28. The number of rotatable bonds is 2. The summed E-state index contributed by atoms with van der Waals surface area (Å²) >= 11 is 0. The summed E-state index contributed by atoms with van der Waals surface area (Å²) in [4.78, 5) is 10.2. The molecule has 0 fully saturated rings. The molecular weight excluding hydrogens is 132 g/mol. The number of aliphatic hydroxyl groups is 1. The Labute approximate surface area is 58.3 Å². The van der Waals surface area contributed by atoms with Crippen molar-refractivity contribution in [1.29, 1.82) is 0 Å². The van der Waals surface area contributed by atoms with Gasteiger partial charge < -0.3 is 9.52 Å². The number of furan rings is 1. The molecule has 1 rings (SSSR count). The van der Waals surface area contributed by atoms with Gasteiger partial charge in [0.1, 0.15) is 5.60 Å². The Balaban J connectivity index is 2.95. The zero-order valence-electron chi connectivity index (χ0n) is 5.57. The molecule has 1 heterocycles. The summed E-state index contributed by atoms with van der Waals surface area (Å²) in [5.41, 5.74) is -0.935. The summed E-state index contributed by atoms with van der Waals surface area (Å²) in [7, 11) is 0. The maximum atomic E-state index is 10.2. The lowest BCUT2D eigenvalue weighted by Gasteiger charge is -2.11. The van der Waals surface area contributed by atoms with Crippen LogP contribution in [0.15, 0.2) is 23.0 Å². The minimum Gasteiger partial charge on any atom is -0.472 e. The first-order chi connectivity index (χ1) is 4.67. The van der Waals surface area contributed by atoms with E-state index in [1.54, 1.807) is 6.07 Å². The first-order valence-electron chi connectivity index (χ1n) is 2.88. The van der Waals surface area contributed by atoms with Gasteiger partial charge >= 0.3 is 0 Å². The Bertz CT molecular complexity index is 211. The number of carbonyl (C=O) groups excluding carboxylic acids is 1. The van der Waals surface area contributed by atoms with Crippen LogP contribution in [0.3, 0.4) is 0 Å². The van der Waals surface area contributed by atoms with Crippen LogP contribution >= 0.6 is 0 Å². The summed E-state index contributed by atoms with van der Waals surface area (Å²) in [5, 5.41) is 9.26. The van der Waals surface area contributed by atoms with E-state index in [9.17, 15) is 9.90 Å². The third kappa shape index (κ3) is 1.09. The van der Waals surface area contributed by atoms with Crippen molar-refractivity contribution in [2.45, 2.75) is 12.5 Å². The molecule has 0 aliphatic heterocycles. The average molecular weight is 140 g/mol. The molecule has 0 bridgehead atoms. The van der Waals surface area contributed by atoms with E-state index in [4.69, 9.17) is 0 Å². The Hall–Kier alpha value is -1.09. The summed E-state index contributed by atoms with van der Waals surface area (Å²) in [6.07, 6.45) is 3.22. The summed E-state index contributed by atoms with van der Waals surface area (Å²) in [6.45, 7) is 1.41. The minimum atomic E-state index is -1.41. The van der Waals surface area contributed by atoms with E-state index >= 15 is 0 Å². The van der Waals surface area contributed by atoms with Gasteiger partial charge in [0.2, 0.25) is 0 Å². The molecule has 0 radical (unpaired) electrons. The maximum absolute atomic E-state index is 10.2. The van der Waals surface area contributed by atoms with E-state index < -0.39 is 5.60 Å². The van der Waals surface area contributed by atoms with Gasteiger partial charge in [-0.25, -0.2) is 0 Å². The minimum absolute atomic E-state index is 0.470. The van der Waals surface area contributed by atoms with Crippen molar-refractivity contribution in [2.24, 2.45) is 0 Å². The van der Waals surface area contributed by atoms with Gasteiger partial charge in [0, 0.05) is 5.56 Å². The molecular formula is C7H8O3. The fraction of sp³-hybridized carbons (Fsp3) is 0.286. The van der Waals surface area contributed by atoms with Crippen molar-refractivity contribution < 1.29 is 14.3 Å². The average Bonchev–Trinajstić information content (AvgIpc) is 2.38. The highest BCUT2D eigenvalue weighted by Gasteiger charge is 2.22. The van der Waals surface area contributed by atoms with Crippen molar-refractivity contribution in [2.75, 3.05) is 0 Å². The molecule has 1 N–H and O–H groups in total. The molecule has 0 spiro atoms. The zero-order chi connectivity index (χ0) is 7.61. The molecule has 0 amide bonds. The highest BCUT2D eigenvalue weighted by molar-refractivity contribution is 5.64. The molecule has 0 aliphatic carbocycles. The van der Waals surface area contributed by atoms with Crippen molar-refractivity contribution >= 4 is 6.29 Å². The Morgan fingerprint density at radius 3 is 2.90 bits per heavy atom. The smallest absolute Gasteiger partial charge is 0.155 e. The molecule has 0 saturated heterocycles. The molecule has 3 nitrogen and oxygen atoms in total. The predicted octanol–water partition coefficient (Wildman–Crippen LogP) is 0.686. The third-order valence-corrected chi connectivity index (χ3v) is 1.34. The lowest BCUT2D eigenvalue weighted by atomic mass is 10.0. The van der Waals surface area contributed by atoms with Crippen molar-refractivity contribution in [3.63, 3.8) is 0 Å². The zero-order valence-corrected chi connectivity index (χ0v) is 5.57. The predicted molar refractivity (Wildman–Crippen MR) is 34.3 cm³/mol. The van der Waals surface area contributed by atoms with Crippen LogP contribution < -0.4 is 0 Å². The van der Waals surface area contributed by atoms with Crippen LogP contribution in [0.2, 0.25) is 0 Å². The molecule has 1 aromatic heterocycles. The van der Waals surface area contributed by atoms with Crippen LogP contribution in [0, 0.1) is 0 Å². The number of carbonyl (C=O) groups is 1. The second-order valence-corrected chi connectivity index (χ2v) is 2.28. The van der Waals surface area contributed by atoms with Crippen molar-refractivity contribution in [1.82, 2.24) is 0 Å². The van der Waals surface area contributed by atoms with E-state index in [0.717, 1.165) is 0 Å². The van der Waals surface area contributed by atoms with E-state index in [-0.39, 0.29) is 0 Å². The van der Waals surface area contributed by atoms with Gasteiger partial charge in [-0.2, -0.15) is 0 Å². The van der Waals surface area contributed by atoms with E-state index in [1.165, 1.54) is 19.5 Å². The SMILES string of the molecule is CC(O)(C=O)c1ccoc1. The number of hydrogen-bond acceptors (Lipinski definition) is 3. The molecule has 0 aliphatic rings. The molecule has 1 aromatic rings. The fourth-order valence-corrected chi connectivity index (χ4v) is 0.621. The Morgan fingerprint density at radius 2 is 2.50 bits per heavy atom. The van der Waals surface area contributed by atoms with Gasteiger partial charge in [-0.3, -0.25) is 4.79 Å². The molecule has 0 aromatic carbocycles. The van der Waals surface area contributed by atoms with Crippen molar-refractivity contribution in [3.05, 3.63) is 24.2 Å². The lowest BCUT2D eigenvalue weighted by Crippen LogP contribution is -2.21. The molecule has 54 valence electrons. The van der Waals surface area contributed by atoms with E-state index in [2.05, 4.69) is 4.42 Å². The lowest BCUT2D eigenvalue weighted by molar-refractivity contribution is -0.123. The summed E-state index contributed by atoms with van der Waals surface area (Å²) in [5.74, 6) is 0. The fourth-order valence-electron chi connectivity index (χ4n) is 0.621. The first-order valence-corrected chi connectivity index (χ1v) is 2.88. The highest BCUT2D eigenvalue weighted by atomic mass is 16.3. The van der Waals surface area contributed by atoms with Crippen LogP contribution in [-0.4, -0.2) is 11.4 Å². The molecule has 3 heteroatoms. The number of hydrogen-bond donors (Lipinski definition) is 1. The van der Waals surface area contributed by atoms with Crippen LogP contribution in [0.25, 0.3) is 0 Å². The standard InChI is InChI=1S/C7H8O3/c1-7(9,5-8)6-2-3-10-4-6/h2-5,9H,1H3. The molecule has 0 saturated carbocycles. The van der Waals surface area contributed by atoms with Crippen LogP contribution in [0.1, 0.15) is 12.5 Å². The van der Waals surface area contributed by atoms with Gasteiger partial charge in [0.15, 0.2) is 6.29 Å². The first kappa shape index (κ1) is 7.02. The van der Waals surface area contributed by atoms with Gasteiger partial charge in [0.25, 0.3) is 0 Å². The Morgan fingerprint density at radius 1 is 1.80 bits per heavy atom. The third-order valence-electron chi connectivity index (χ3n) is 1.34. The topological polar surface area (TPSA) is 50.4 Å². The monoisotopic (exact) mass is 140 g/mol. The number of aldehydes is 1. The van der Waals surface area contributed by atoms with E-state index in [1.807, 2.05) is 0 Å². The van der Waals surface area contributed by atoms with Crippen LogP contribution in [-0.2, 0) is 10.4 Å². The highest BCUT2D eigenvalue weighted by Crippen LogP contribution is 2.17. The van der Waals surface area contributed by atoms with Gasteiger partial charge in [-0.1, -0.05) is 0 Å². The van der Waals surface area contributed by atoms with E-state index in [0.29, 0.717) is 11.8 Å². The molecule has 1 atom stereocenters. The summed E-state index contributed by atoms with van der Waals surface area (Å²) < 4.78 is 4.68. The van der Waals surface area contributed by atoms with Gasteiger partial charge in [0.05, 0.1) is 12.5 Å². The maximum Gasteiger partial charge on any atom is 0.155 e. The normalized spacial score (nSPS) is 16.2. The summed E-state index contributed by atoms with van der Waals surface area (Å²) in [6, 6.07) is 1.55. The second kappa shape index (κ2) is 2.27.